The van der Waals surface area contributed by atoms with Crippen LogP contribution < -0.4 is 10.1 Å². The first-order valence-electron chi connectivity index (χ1n) is 7.65. The number of nitrogens with one attached hydrogen (secondary N) is 1. The van der Waals surface area contributed by atoms with Gasteiger partial charge in [0.15, 0.2) is 0 Å². The molecule has 2 rings (SSSR count). The van der Waals surface area contributed by atoms with Gasteiger partial charge in [0.25, 0.3) is 0 Å². The van der Waals surface area contributed by atoms with Crippen LogP contribution in [0.2, 0.25) is 0 Å². The second-order valence-electron chi connectivity index (χ2n) is 5.37. The van der Waals surface area contributed by atoms with Crippen molar-refractivity contribution in [2.45, 2.75) is 26.4 Å². The van der Waals surface area contributed by atoms with E-state index in [4.69, 9.17) is 9.84 Å². The minimum absolute atomic E-state index is 0.0252. The molecule has 0 aliphatic carbocycles. The number of carboxylic acid groups (broad SMARTS) is 1. The lowest BCUT2D eigenvalue weighted by Crippen LogP contribution is -2.03. The van der Waals surface area contributed by atoms with Crippen LogP contribution in [0.3, 0.4) is 0 Å². The van der Waals surface area contributed by atoms with E-state index in [0.717, 1.165) is 33.2 Å². The van der Waals surface area contributed by atoms with Gasteiger partial charge in [-0.15, -0.1) is 0 Å². The first-order valence-corrected chi connectivity index (χ1v) is 9.23. The highest BCUT2D eigenvalue weighted by Crippen LogP contribution is 2.35. The standard InChI is InChI=1S/C18H19Br2NO3/c1-2-6-21-14-5-3-4-12(7-14)11-24-18-15(19)8-13(9-16(18)20)10-17(22)23/h3-5,7-9,21H,2,6,10-11H2,1H3,(H,22,23). The Morgan fingerprint density at radius 1 is 1.17 bits per heavy atom. The largest absolute Gasteiger partial charge is 0.487 e. The van der Waals surface area contributed by atoms with Gasteiger partial charge in [-0.2, -0.15) is 0 Å². The molecular formula is C18H19Br2NO3. The van der Waals surface area contributed by atoms with E-state index < -0.39 is 5.97 Å². The Bertz CT molecular complexity index is 696. The van der Waals surface area contributed by atoms with Gasteiger partial charge in [-0.05, 0) is 73.7 Å². The zero-order valence-corrected chi connectivity index (χ0v) is 16.5. The van der Waals surface area contributed by atoms with Crippen molar-refractivity contribution in [3.63, 3.8) is 0 Å². The van der Waals surface area contributed by atoms with E-state index in [-0.39, 0.29) is 6.42 Å². The van der Waals surface area contributed by atoms with Crippen LogP contribution in [-0.2, 0) is 17.8 Å². The molecule has 2 N–H and O–H groups in total. The molecule has 0 saturated heterocycles. The van der Waals surface area contributed by atoms with Gasteiger partial charge in [0, 0.05) is 12.2 Å². The predicted octanol–water partition coefficient (Wildman–Crippen LogP) is 5.24. The molecule has 24 heavy (non-hydrogen) atoms. The summed E-state index contributed by atoms with van der Waals surface area (Å²) < 4.78 is 7.36. The van der Waals surface area contributed by atoms with E-state index in [2.05, 4.69) is 50.2 Å². The van der Waals surface area contributed by atoms with E-state index in [1.54, 1.807) is 12.1 Å². The zero-order valence-electron chi connectivity index (χ0n) is 13.3. The molecule has 6 heteroatoms. The quantitative estimate of drug-likeness (QED) is 0.570. The molecule has 0 atom stereocenters. The highest BCUT2D eigenvalue weighted by atomic mass is 79.9. The van der Waals surface area contributed by atoms with Crippen LogP contribution in [0, 0.1) is 0 Å². The molecule has 0 unspecified atom stereocenters. The number of carboxylic acids is 1. The SMILES string of the molecule is CCCNc1cccc(COc2c(Br)cc(CC(=O)O)cc2Br)c1. The molecule has 0 aromatic heterocycles. The molecule has 0 bridgehead atoms. The summed E-state index contributed by atoms with van der Waals surface area (Å²) in [5.41, 5.74) is 2.84. The number of ether oxygens (including phenoxy) is 1. The molecule has 0 amide bonds. The average molecular weight is 457 g/mol. The van der Waals surface area contributed by atoms with Crippen molar-refractivity contribution in [2.75, 3.05) is 11.9 Å². The number of hydrogen-bond acceptors (Lipinski definition) is 3. The summed E-state index contributed by atoms with van der Waals surface area (Å²) in [5, 5.41) is 12.2. The zero-order chi connectivity index (χ0) is 17.5. The Labute approximate surface area is 158 Å². The number of rotatable bonds is 8. The summed E-state index contributed by atoms with van der Waals surface area (Å²) in [4.78, 5) is 10.8. The summed E-state index contributed by atoms with van der Waals surface area (Å²) in [6, 6.07) is 11.7. The summed E-state index contributed by atoms with van der Waals surface area (Å²) in [5.74, 6) is -0.199. The van der Waals surface area contributed by atoms with Crippen molar-refractivity contribution in [3.05, 3.63) is 56.5 Å². The number of hydrogen-bond donors (Lipinski definition) is 2. The maximum Gasteiger partial charge on any atom is 0.307 e. The van der Waals surface area contributed by atoms with E-state index in [0.29, 0.717) is 17.9 Å². The minimum atomic E-state index is -0.862. The van der Waals surface area contributed by atoms with Crippen molar-refractivity contribution in [1.29, 1.82) is 0 Å². The van der Waals surface area contributed by atoms with Crippen LogP contribution in [0.1, 0.15) is 24.5 Å². The lowest BCUT2D eigenvalue weighted by molar-refractivity contribution is -0.136. The van der Waals surface area contributed by atoms with E-state index >= 15 is 0 Å². The highest BCUT2D eigenvalue weighted by molar-refractivity contribution is 9.11. The van der Waals surface area contributed by atoms with Crippen molar-refractivity contribution in [3.8, 4) is 5.75 Å². The van der Waals surface area contributed by atoms with E-state index in [1.807, 2.05) is 18.2 Å². The summed E-state index contributed by atoms with van der Waals surface area (Å²) >= 11 is 6.90. The number of benzene rings is 2. The smallest absolute Gasteiger partial charge is 0.307 e. The van der Waals surface area contributed by atoms with Gasteiger partial charge in [0.05, 0.1) is 15.4 Å². The fourth-order valence-corrected chi connectivity index (χ4v) is 3.73. The topological polar surface area (TPSA) is 58.6 Å². The molecule has 2 aromatic rings. The molecule has 0 spiro atoms. The van der Waals surface area contributed by atoms with Crippen molar-refractivity contribution >= 4 is 43.5 Å². The second kappa shape index (κ2) is 9.08. The molecule has 0 radical (unpaired) electrons. The normalized spacial score (nSPS) is 10.5. The van der Waals surface area contributed by atoms with Crippen LogP contribution >= 0.6 is 31.9 Å². The Hall–Kier alpha value is -1.53. The molecule has 0 heterocycles. The minimum Gasteiger partial charge on any atom is -0.487 e. The molecule has 0 saturated carbocycles. The lowest BCUT2D eigenvalue weighted by atomic mass is 10.1. The Kier molecular flexibility index (Phi) is 7.12. The van der Waals surface area contributed by atoms with E-state index in [9.17, 15) is 4.79 Å². The van der Waals surface area contributed by atoms with Gasteiger partial charge in [-0.25, -0.2) is 0 Å². The molecule has 0 fully saturated rings. The molecule has 4 nitrogen and oxygen atoms in total. The molecule has 2 aromatic carbocycles. The maximum absolute atomic E-state index is 10.8. The molecule has 0 aliphatic heterocycles. The third kappa shape index (κ3) is 5.53. The van der Waals surface area contributed by atoms with Crippen molar-refractivity contribution < 1.29 is 14.6 Å². The lowest BCUT2D eigenvalue weighted by Gasteiger charge is -2.13. The van der Waals surface area contributed by atoms with Gasteiger partial charge in [0.1, 0.15) is 12.4 Å². The van der Waals surface area contributed by atoms with Crippen molar-refractivity contribution in [1.82, 2.24) is 0 Å². The van der Waals surface area contributed by atoms with Crippen LogP contribution in [0.5, 0.6) is 5.75 Å². The van der Waals surface area contributed by atoms with Crippen LogP contribution in [-0.4, -0.2) is 17.6 Å². The Morgan fingerprint density at radius 3 is 2.50 bits per heavy atom. The Morgan fingerprint density at radius 2 is 1.88 bits per heavy atom. The van der Waals surface area contributed by atoms with Crippen LogP contribution in [0.4, 0.5) is 5.69 Å². The maximum atomic E-state index is 10.8. The fraction of sp³-hybridized carbons (Fsp3) is 0.278. The number of anilines is 1. The summed E-state index contributed by atoms with van der Waals surface area (Å²) in [7, 11) is 0. The van der Waals surface area contributed by atoms with Gasteiger partial charge >= 0.3 is 5.97 Å². The van der Waals surface area contributed by atoms with Crippen LogP contribution in [0.15, 0.2) is 45.3 Å². The summed E-state index contributed by atoms with van der Waals surface area (Å²) in [6.07, 6.45) is 1.05. The van der Waals surface area contributed by atoms with Crippen molar-refractivity contribution in [2.24, 2.45) is 0 Å². The fourth-order valence-electron chi connectivity index (χ4n) is 2.22. The average Bonchev–Trinajstić information content (AvgIpc) is 2.52. The second-order valence-corrected chi connectivity index (χ2v) is 7.08. The molecular weight excluding hydrogens is 438 g/mol. The predicted molar refractivity (Wildman–Crippen MR) is 103 cm³/mol. The van der Waals surface area contributed by atoms with Crippen LogP contribution in [0.25, 0.3) is 0 Å². The highest BCUT2D eigenvalue weighted by Gasteiger charge is 2.11. The first-order chi connectivity index (χ1) is 11.5. The summed E-state index contributed by atoms with van der Waals surface area (Å²) in [6.45, 7) is 3.49. The van der Waals surface area contributed by atoms with E-state index in [1.165, 1.54) is 0 Å². The molecule has 0 aliphatic rings. The third-order valence-electron chi connectivity index (χ3n) is 3.30. The van der Waals surface area contributed by atoms with Gasteiger partial charge in [0.2, 0.25) is 0 Å². The third-order valence-corrected chi connectivity index (χ3v) is 4.48. The monoisotopic (exact) mass is 455 g/mol. The molecule has 128 valence electrons. The number of halogens is 2. The van der Waals surface area contributed by atoms with Gasteiger partial charge in [-0.3, -0.25) is 4.79 Å². The van der Waals surface area contributed by atoms with Gasteiger partial charge in [-0.1, -0.05) is 19.1 Å². The number of carbonyl (C=O) groups is 1. The van der Waals surface area contributed by atoms with Gasteiger partial charge < -0.3 is 15.2 Å². The number of aliphatic carboxylic acids is 1. The first kappa shape index (κ1) is 18.8. The Balaban J connectivity index is 2.07.